The fraction of sp³-hybridized carbons (Fsp3) is 0.429. The van der Waals surface area contributed by atoms with Gasteiger partial charge in [0.15, 0.2) is 9.52 Å². The molecule has 0 heterocycles. The van der Waals surface area contributed by atoms with Crippen LogP contribution in [-0.2, 0) is 16.0 Å². The number of methoxy groups -OCH3 is 1. The molecule has 0 aromatic heterocycles. The number of ether oxygens (including phenoxy) is 1. The van der Waals surface area contributed by atoms with Crippen molar-refractivity contribution in [1.29, 1.82) is 0 Å². The van der Waals surface area contributed by atoms with E-state index < -0.39 is 9.52 Å². The average Bonchev–Trinajstić information content (AvgIpc) is 2.45. The Labute approximate surface area is 116 Å². The van der Waals surface area contributed by atoms with Crippen LogP contribution in [0.15, 0.2) is 30.3 Å². The number of carbonyl (C=O) groups is 2. The van der Waals surface area contributed by atoms with Gasteiger partial charge in [0.25, 0.3) is 5.59 Å². The number of amides is 1. The Morgan fingerprint density at radius 1 is 1.26 bits per heavy atom. The zero-order chi connectivity index (χ0) is 14.1. The molecule has 0 bridgehead atoms. The molecule has 0 aliphatic heterocycles. The third-order valence-electron chi connectivity index (χ3n) is 3.00. The number of nitrogens with zero attached hydrogens (tertiary/aromatic N) is 1. The third-order valence-corrected chi connectivity index (χ3v) is 4.41. The number of carbonyl (C=O) groups excluding carboxylic acids is 2. The van der Waals surface area contributed by atoms with Crippen LogP contribution in [0.2, 0.25) is 6.04 Å². The van der Waals surface area contributed by atoms with Crippen molar-refractivity contribution in [2.75, 3.05) is 20.7 Å². The summed E-state index contributed by atoms with van der Waals surface area (Å²) < 4.78 is 4.60. The summed E-state index contributed by atoms with van der Waals surface area (Å²) in [5.41, 5.74) is 1.10. The fourth-order valence-electron chi connectivity index (χ4n) is 1.74. The Bertz CT molecular complexity index is 408. The van der Waals surface area contributed by atoms with Crippen molar-refractivity contribution in [3.63, 3.8) is 0 Å². The van der Waals surface area contributed by atoms with Crippen LogP contribution in [0.5, 0.6) is 0 Å². The zero-order valence-electron chi connectivity index (χ0n) is 11.6. The maximum absolute atomic E-state index is 11.8. The molecule has 0 fully saturated rings. The van der Waals surface area contributed by atoms with E-state index in [0.717, 1.165) is 6.42 Å². The molecule has 0 N–H and O–H groups in total. The summed E-state index contributed by atoms with van der Waals surface area (Å²) in [5.74, 6) is 0.104. The molecule has 19 heavy (non-hydrogen) atoms. The number of benzene rings is 1. The number of rotatable bonds is 7. The van der Waals surface area contributed by atoms with Gasteiger partial charge in [0.05, 0.1) is 7.11 Å². The highest BCUT2D eigenvalue weighted by Crippen LogP contribution is 2.02. The van der Waals surface area contributed by atoms with Crippen molar-refractivity contribution in [2.24, 2.45) is 0 Å². The molecule has 1 aromatic carbocycles. The average molecular weight is 279 g/mol. The van der Waals surface area contributed by atoms with Crippen LogP contribution in [0.3, 0.4) is 0 Å². The van der Waals surface area contributed by atoms with E-state index in [-0.39, 0.29) is 11.5 Å². The van der Waals surface area contributed by atoms with Gasteiger partial charge in [-0.2, -0.15) is 0 Å². The fourth-order valence-corrected chi connectivity index (χ4v) is 2.72. The van der Waals surface area contributed by atoms with Crippen molar-refractivity contribution < 1.29 is 14.3 Å². The van der Waals surface area contributed by atoms with Crippen LogP contribution < -0.4 is 0 Å². The Hall–Kier alpha value is -1.62. The van der Waals surface area contributed by atoms with E-state index in [1.807, 2.05) is 25.2 Å². The van der Waals surface area contributed by atoms with E-state index >= 15 is 0 Å². The molecule has 5 heteroatoms. The zero-order valence-corrected chi connectivity index (χ0v) is 13.0. The van der Waals surface area contributed by atoms with Crippen LogP contribution >= 0.6 is 0 Å². The highest BCUT2D eigenvalue weighted by molar-refractivity contribution is 6.72. The first kappa shape index (κ1) is 15.4. The lowest BCUT2D eigenvalue weighted by molar-refractivity contribution is -0.129. The van der Waals surface area contributed by atoms with Gasteiger partial charge in [-0.3, -0.25) is 9.59 Å². The maximum atomic E-state index is 11.8. The van der Waals surface area contributed by atoms with Crippen LogP contribution in [0.4, 0.5) is 4.79 Å². The molecular weight excluding hydrogens is 258 g/mol. The molecule has 0 aliphatic rings. The van der Waals surface area contributed by atoms with E-state index in [2.05, 4.69) is 16.9 Å². The molecule has 0 spiro atoms. The van der Waals surface area contributed by atoms with Gasteiger partial charge in [0.1, 0.15) is 0 Å². The van der Waals surface area contributed by atoms with Crippen LogP contribution in [0.25, 0.3) is 0 Å². The second-order valence-corrected chi connectivity index (χ2v) is 6.27. The molecule has 1 amide bonds. The van der Waals surface area contributed by atoms with Crippen molar-refractivity contribution in [2.45, 2.75) is 18.9 Å². The summed E-state index contributed by atoms with van der Waals surface area (Å²) in [7, 11) is 2.29. The Balaban J connectivity index is 2.23. The minimum atomic E-state index is -0.912. The summed E-state index contributed by atoms with van der Waals surface area (Å²) >= 11 is 0. The van der Waals surface area contributed by atoms with Gasteiger partial charge in [0.2, 0.25) is 5.91 Å². The molecule has 0 saturated carbocycles. The number of hydrogen-bond donors (Lipinski definition) is 0. The Morgan fingerprint density at radius 3 is 2.58 bits per heavy atom. The van der Waals surface area contributed by atoms with Crippen molar-refractivity contribution in [1.82, 2.24) is 4.90 Å². The topological polar surface area (TPSA) is 46.6 Å². The predicted octanol–water partition coefficient (Wildman–Crippen LogP) is 1.43. The van der Waals surface area contributed by atoms with Crippen LogP contribution in [-0.4, -0.2) is 46.6 Å². The molecule has 1 rings (SSSR count). The summed E-state index contributed by atoms with van der Waals surface area (Å²) in [4.78, 5) is 24.6. The van der Waals surface area contributed by atoms with E-state index in [1.54, 1.807) is 4.90 Å². The van der Waals surface area contributed by atoms with Gasteiger partial charge >= 0.3 is 0 Å². The summed E-state index contributed by atoms with van der Waals surface area (Å²) in [6.07, 6.45) is 1.31. The number of hydrogen-bond acceptors (Lipinski definition) is 3. The molecule has 0 atom stereocenters. The monoisotopic (exact) mass is 279 g/mol. The van der Waals surface area contributed by atoms with Gasteiger partial charge in [0, 0.05) is 20.0 Å². The lowest BCUT2D eigenvalue weighted by Gasteiger charge is -2.17. The minimum Gasteiger partial charge on any atom is -0.474 e. The molecule has 0 unspecified atom stereocenters. The largest absolute Gasteiger partial charge is 0.474 e. The molecule has 0 aliphatic carbocycles. The molecule has 4 nitrogen and oxygen atoms in total. The lowest BCUT2D eigenvalue weighted by Crippen LogP contribution is -2.29. The summed E-state index contributed by atoms with van der Waals surface area (Å²) in [5, 5.41) is 0. The van der Waals surface area contributed by atoms with Gasteiger partial charge in [-0.05, 0) is 18.0 Å². The smallest absolute Gasteiger partial charge is 0.263 e. The van der Waals surface area contributed by atoms with Crippen molar-refractivity contribution >= 4 is 21.0 Å². The normalized spacial score (nSPS) is 10.6. The van der Waals surface area contributed by atoms with E-state index in [4.69, 9.17) is 0 Å². The molecule has 0 saturated heterocycles. The molecule has 0 radical (unpaired) electrons. The third kappa shape index (κ3) is 6.19. The predicted molar refractivity (Wildman–Crippen MR) is 78.2 cm³/mol. The molecular formula is C14H21NO3Si. The van der Waals surface area contributed by atoms with E-state index in [0.29, 0.717) is 19.0 Å². The molecule has 1 aromatic rings. The standard InChI is InChI=1S/C14H21NO3Si/c1-15(10-8-12-6-4-3-5-7-12)13(16)9-11-19-14(17)18-2/h3-7H,8-11,19H2,1-2H3. The van der Waals surface area contributed by atoms with E-state index in [1.165, 1.54) is 12.7 Å². The number of likely N-dealkylation sites (N-methyl/N-ethyl adjacent to an activating group) is 1. The van der Waals surface area contributed by atoms with Gasteiger partial charge in [-0.25, -0.2) is 0 Å². The van der Waals surface area contributed by atoms with Gasteiger partial charge in [-0.1, -0.05) is 30.3 Å². The van der Waals surface area contributed by atoms with Gasteiger partial charge < -0.3 is 9.64 Å². The second-order valence-electron chi connectivity index (χ2n) is 4.48. The van der Waals surface area contributed by atoms with Crippen LogP contribution in [0, 0.1) is 0 Å². The quantitative estimate of drug-likeness (QED) is 0.709. The van der Waals surface area contributed by atoms with Gasteiger partial charge in [-0.15, -0.1) is 0 Å². The molecule has 104 valence electrons. The Kier molecular flexibility index (Phi) is 6.88. The summed E-state index contributed by atoms with van der Waals surface area (Å²) in [6.45, 7) is 0.711. The first-order valence-corrected chi connectivity index (χ1v) is 8.19. The highest BCUT2D eigenvalue weighted by atomic mass is 28.2. The SMILES string of the molecule is COC(=O)[SiH2]CCC(=O)N(C)CCc1ccccc1. The van der Waals surface area contributed by atoms with Crippen LogP contribution in [0.1, 0.15) is 12.0 Å². The van der Waals surface area contributed by atoms with Crippen molar-refractivity contribution in [3.05, 3.63) is 35.9 Å². The first-order valence-electron chi connectivity index (χ1n) is 6.48. The maximum Gasteiger partial charge on any atom is 0.263 e. The summed E-state index contributed by atoms with van der Waals surface area (Å²) in [6, 6.07) is 10.8. The second kappa shape index (κ2) is 8.47. The van der Waals surface area contributed by atoms with Crippen molar-refractivity contribution in [3.8, 4) is 0 Å². The highest BCUT2D eigenvalue weighted by Gasteiger charge is 2.10. The lowest BCUT2D eigenvalue weighted by atomic mass is 10.1. The first-order chi connectivity index (χ1) is 9.13. The van der Waals surface area contributed by atoms with E-state index in [9.17, 15) is 9.59 Å². The Morgan fingerprint density at radius 2 is 1.95 bits per heavy atom. The minimum absolute atomic E-state index is 0.104.